The van der Waals surface area contributed by atoms with Crippen molar-refractivity contribution in [3.63, 3.8) is 0 Å². The Bertz CT molecular complexity index is 541. The summed E-state index contributed by atoms with van der Waals surface area (Å²) >= 11 is 0. The van der Waals surface area contributed by atoms with Crippen molar-refractivity contribution in [3.05, 3.63) is 42.2 Å². The molecule has 0 radical (unpaired) electrons. The van der Waals surface area contributed by atoms with Crippen molar-refractivity contribution in [1.82, 2.24) is 25.6 Å². The van der Waals surface area contributed by atoms with Crippen LogP contribution >= 0.6 is 0 Å². The van der Waals surface area contributed by atoms with Gasteiger partial charge < -0.3 is 0 Å². The molecule has 0 bridgehead atoms. The molecule has 1 unspecified atom stereocenters. The molecule has 3 rings (SSSR count). The molecule has 2 N–H and O–H groups in total. The molecule has 1 atom stereocenters. The minimum atomic E-state index is 0.495. The normalized spacial score (nSPS) is 22.2. The van der Waals surface area contributed by atoms with Crippen LogP contribution in [0.3, 0.4) is 0 Å². The van der Waals surface area contributed by atoms with E-state index in [0.717, 1.165) is 50.9 Å². The van der Waals surface area contributed by atoms with Gasteiger partial charge in [0.05, 0.1) is 12.2 Å². The van der Waals surface area contributed by atoms with E-state index in [9.17, 15) is 0 Å². The molecule has 0 spiro atoms. The van der Waals surface area contributed by atoms with Gasteiger partial charge in [0.15, 0.2) is 0 Å². The lowest BCUT2D eigenvalue weighted by atomic mass is 9.83. The monoisotopic (exact) mass is 357 g/mol. The minimum Gasteiger partial charge on any atom is -0.299 e. The smallest absolute Gasteiger partial charge is 0.0558 e. The molecule has 0 amide bonds. The van der Waals surface area contributed by atoms with E-state index >= 15 is 0 Å². The lowest BCUT2D eigenvalue weighted by molar-refractivity contribution is 0.177. The zero-order valence-corrected chi connectivity index (χ0v) is 16.3. The topological polar surface area (TPSA) is 43.4 Å². The van der Waals surface area contributed by atoms with Crippen LogP contribution in [0.1, 0.15) is 44.2 Å². The second kappa shape index (κ2) is 10.2. The van der Waals surface area contributed by atoms with E-state index in [2.05, 4.69) is 38.3 Å². The van der Waals surface area contributed by atoms with E-state index in [1.54, 1.807) is 0 Å². The van der Waals surface area contributed by atoms with Gasteiger partial charge in [0.25, 0.3) is 0 Å². The van der Waals surface area contributed by atoms with Crippen LogP contribution in [-0.2, 0) is 6.54 Å². The highest BCUT2D eigenvalue weighted by Crippen LogP contribution is 2.30. The van der Waals surface area contributed by atoms with Crippen molar-refractivity contribution >= 4 is 0 Å². The molecule has 1 aromatic rings. The van der Waals surface area contributed by atoms with E-state index in [1.165, 1.54) is 37.7 Å². The van der Waals surface area contributed by atoms with Gasteiger partial charge in [-0.05, 0) is 44.4 Å². The Labute approximate surface area is 158 Å². The summed E-state index contributed by atoms with van der Waals surface area (Å²) in [6.07, 6.45) is 9.96. The van der Waals surface area contributed by atoms with Gasteiger partial charge in [0, 0.05) is 38.5 Å². The number of hydrogen-bond donors (Lipinski definition) is 2. The summed E-state index contributed by atoms with van der Waals surface area (Å²) in [6, 6.07) is 6.58. The molecule has 26 heavy (non-hydrogen) atoms. The van der Waals surface area contributed by atoms with Crippen LogP contribution in [0.4, 0.5) is 0 Å². The van der Waals surface area contributed by atoms with Crippen molar-refractivity contribution in [1.29, 1.82) is 0 Å². The number of rotatable bonds is 9. The Balaban J connectivity index is 1.38. The van der Waals surface area contributed by atoms with Crippen LogP contribution in [-0.4, -0.2) is 54.3 Å². The standard InChI is InChI=1S/C21H35N5/c1-18(19-8-4-3-5-9-19)11-13-25-14-21(24-17-25)16-26(22-2)15-20-10-6-7-12-23-20/h6-7,10,12,19,21-22,24H,1,3-5,8-9,11,13-17H2,2H3. The number of hydrazine groups is 1. The van der Waals surface area contributed by atoms with Crippen molar-refractivity contribution in [3.8, 4) is 0 Å². The average Bonchev–Trinajstić information content (AvgIpc) is 3.14. The van der Waals surface area contributed by atoms with E-state index in [4.69, 9.17) is 0 Å². The number of pyridine rings is 1. The summed E-state index contributed by atoms with van der Waals surface area (Å²) in [5.41, 5.74) is 5.89. The first-order valence-electron chi connectivity index (χ1n) is 10.2. The average molecular weight is 358 g/mol. The molecular weight excluding hydrogens is 322 g/mol. The summed E-state index contributed by atoms with van der Waals surface area (Å²) in [7, 11) is 1.99. The highest BCUT2D eigenvalue weighted by molar-refractivity contribution is 5.04. The molecule has 1 aliphatic carbocycles. The zero-order chi connectivity index (χ0) is 18.2. The van der Waals surface area contributed by atoms with Gasteiger partial charge in [-0.1, -0.05) is 37.5 Å². The van der Waals surface area contributed by atoms with Crippen LogP contribution < -0.4 is 10.7 Å². The predicted octanol–water partition coefficient (Wildman–Crippen LogP) is 2.78. The largest absolute Gasteiger partial charge is 0.299 e. The third-order valence-electron chi connectivity index (χ3n) is 5.85. The SMILES string of the molecule is C=C(CCN1CNC(CN(Cc2ccccn2)NC)C1)C1CCCCC1. The molecule has 2 fully saturated rings. The predicted molar refractivity (Wildman–Crippen MR) is 107 cm³/mol. The lowest BCUT2D eigenvalue weighted by Crippen LogP contribution is -2.44. The summed E-state index contributed by atoms with van der Waals surface area (Å²) in [5.74, 6) is 0.785. The van der Waals surface area contributed by atoms with E-state index < -0.39 is 0 Å². The second-order valence-corrected chi connectivity index (χ2v) is 7.80. The molecule has 1 saturated heterocycles. The molecule has 1 aromatic heterocycles. The Morgan fingerprint density at radius 2 is 2.19 bits per heavy atom. The molecular formula is C21H35N5. The zero-order valence-electron chi connectivity index (χ0n) is 16.3. The van der Waals surface area contributed by atoms with Crippen LogP contribution in [0.2, 0.25) is 0 Å². The highest BCUT2D eigenvalue weighted by Gasteiger charge is 2.24. The molecule has 5 nitrogen and oxygen atoms in total. The van der Waals surface area contributed by atoms with Crippen LogP contribution in [0.5, 0.6) is 0 Å². The number of hydrogen-bond acceptors (Lipinski definition) is 5. The number of nitrogens with one attached hydrogen (secondary N) is 2. The third-order valence-corrected chi connectivity index (χ3v) is 5.85. The summed E-state index contributed by atoms with van der Waals surface area (Å²) in [4.78, 5) is 6.96. The molecule has 1 aliphatic heterocycles. The summed E-state index contributed by atoms with van der Waals surface area (Å²) in [6.45, 7) is 9.44. The molecule has 2 aliphatic rings. The Kier molecular flexibility index (Phi) is 7.62. The van der Waals surface area contributed by atoms with Crippen molar-refractivity contribution in [2.75, 3.05) is 33.4 Å². The Hall–Kier alpha value is -1.27. The van der Waals surface area contributed by atoms with E-state index in [-0.39, 0.29) is 0 Å². The number of aromatic nitrogens is 1. The maximum Gasteiger partial charge on any atom is 0.0558 e. The minimum absolute atomic E-state index is 0.495. The van der Waals surface area contributed by atoms with Gasteiger partial charge in [-0.3, -0.25) is 20.6 Å². The van der Waals surface area contributed by atoms with Crippen molar-refractivity contribution in [2.24, 2.45) is 5.92 Å². The highest BCUT2D eigenvalue weighted by atomic mass is 15.5. The first-order chi connectivity index (χ1) is 12.7. The third kappa shape index (κ3) is 5.88. The molecule has 5 heteroatoms. The quantitative estimate of drug-likeness (QED) is 0.525. The maximum absolute atomic E-state index is 4.43. The molecule has 144 valence electrons. The van der Waals surface area contributed by atoms with Gasteiger partial charge in [-0.2, -0.15) is 0 Å². The fourth-order valence-electron chi connectivity index (χ4n) is 4.20. The fourth-order valence-corrected chi connectivity index (χ4v) is 4.20. The molecule has 1 saturated carbocycles. The van der Waals surface area contributed by atoms with Crippen molar-refractivity contribution < 1.29 is 0 Å². The van der Waals surface area contributed by atoms with Gasteiger partial charge in [0.2, 0.25) is 0 Å². The number of nitrogens with zero attached hydrogens (tertiary/aromatic N) is 3. The first kappa shape index (κ1) is 19.5. The van der Waals surface area contributed by atoms with Gasteiger partial charge in [-0.25, -0.2) is 5.01 Å². The van der Waals surface area contributed by atoms with Crippen LogP contribution in [0.25, 0.3) is 0 Å². The molecule has 2 heterocycles. The van der Waals surface area contributed by atoms with Gasteiger partial charge in [-0.15, -0.1) is 0 Å². The first-order valence-corrected chi connectivity index (χ1v) is 10.2. The Morgan fingerprint density at radius 3 is 2.92 bits per heavy atom. The lowest BCUT2D eigenvalue weighted by Gasteiger charge is -2.26. The summed E-state index contributed by atoms with van der Waals surface area (Å²) in [5, 5.41) is 5.90. The van der Waals surface area contributed by atoms with Crippen LogP contribution in [0.15, 0.2) is 36.5 Å². The Morgan fingerprint density at radius 1 is 1.35 bits per heavy atom. The van der Waals surface area contributed by atoms with Crippen LogP contribution in [0, 0.1) is 5.92 Å². The fraction of sp³-hybridized carbons (Fsp3) is 0.667. The van der Waals surface area contributed by atoms with E-state index in [1.807, 2.05) is 25.4 Å². The second-order valence-electron chi connectivity index (χ2n) is 7.80. The molecule has 0 aromatic carbocycles. The van der Waals surface area contributed by atoms with Gasteiger partial charge >= 0.3 is 0 Å². The van der Waals surface area contributed by atoms with Crippen molar-refractivity contribution in [2.45, 2.75) is 51.1 Å². The van der Waals surface area contributed by atoms with E-state index in [0.29, 0.717) is 6.04 Å². The van der Waals surface area contributed by atoms with Gasteiger partial charge in [0.1, 0.15) is 0 Å². The summed E-state index contributed by atoms with van der Waals surface area (Å²) < 4.78 is 0. The maximum atomic E-state index is 4.43.